The number of hydrogen-bond donors (Lipinski definition) is 1. The van der Waals surface area contributed by atoms with E-state index in [1.807, 2.05) is 24.3 Å². The molecular weight excluding hydrogens is 224 g/mol. The number of aromatic nitrogens is 1. The smallest absolute Gasteiger partial charge is 0.119 e. The van der Waals surface area contributed by atoms with Crippen LogP contribution in [0.25, 0.3) is 0 Å². The summed E-state index contributed by atoms with van der Waals surface area (Å²) in [6.45, 7) is 3.08. The summed E-state index contributed by atoms with van der Waals surface area (Å²) >= 11 is 0. The highest BCUT2D eigenvalue weighted by Crippen LogP contribution is 2.15. The first-order valence-electron chi connectivity index (χ1n) is 6.18. The van der Waals surface area contributed by atoms with Crippen LogP contribution in [0.2, 0.25) is 0 Å². The minimum absolute atomic E-state index is 0.439. The van der Waals surface area contributed by atoms with Crippen LogP contribution in [-0.4, -0.2) is 4.98 Å². The summed E-state index contributed by atoms with van der Waals surface area (Å²) in [5.74, 6) is 0.874. The van der Waals surface area contributed by atoms with E-state index in [0.717, 1.165) is 23.4 Å². The standard InChI is InChI=1S/C15H18N2O/c1-2-12-5-7-14(8-6-12)18-11-13-4-3-9-17-15(13)10-16/h3-9H,2,10-11,16H2,1H3. The van der Waals surface area contributed by atoms with E-state index in [1.165, 1.54) is 5.56 Å². The maximum atomic E-state index is 5.74. The van der Waals surface area contributed by atoms with Gasteiger partial charge in [0, 0.05) is 18.3 Å². The highest BCUT2D eigenvalue weighted by Gasteiger charge is 2.02. The van der Waals surface area contributed by atoms with Crippen LogP contribution in [0.1, 0.15) is 23.7 Å². The Morgan fingerprint density at radius 2 is 1.94 bits per heavy atom. The molecule has 94 valence electrons. The van der Waals surface area contributed by atoms with Gasteiger partial charge in [0.25, 0.3) is 0 Å². The van der Waals surface area contributed by atoms with Crippen LogP contribution < -0.4 is 10.5 Å². The molecule has 1 aromatic heterocycles. The Morgan fingerprint density at radius 1 is 1.17 bits per heavy atom. The Labute approximate surface area is 108 Å². The highest BCUT2D eigenvalue weighted by molar-refractivity contribution is 5.28. The quantitative estimate of drug-likeness (QED) is 0.877. The molecule has 0 spiro atoms. The van der Waals surface area contributed by atoms with Crippen molar-refractivity contribution in [3.8, 4) is 5.75 Å². The molecule has 0 saturated heterocycles. The number of pyridine rings is 1. The lowest BCUT2D eigenvalue weighted by atomic mass is 10.2. The SMILES string of the molecule is CCc1ccc(OCc2cccnc2CN)cc1. The average molecular weight is 242 g/mol. The van der Waals surface area contributed by atoms with Gasteiger partial charge in [-0.25, -0.2) is 0 Å². The number of nitrogens with two attached hydrogens (primary N) is 1. The first kappa shape index (κ1) is 12.6. The largest absolute Gasteiger partial charge is 0.489 e. The summed E-state index contributed by atoms with van der Waals surface area (Å²) < 4.78 is 5.74. The molecule has 0 fully saturated rings. The van der Waals surface area contributed by atoms with Gasteiger partial charge in [0.1, 0.15) is 12.4 Å². The van der Waals surface area contributed by atoms with Gasteiger partial charge in [-0.15, -0.1) is 0 Å². The third-order valence-electron chi connectivity index (χ3n) is 2.90. The van der Waals surface area contributed by atoms with E-state index in [4.69, 9.17) is 10.5 Å². The van der Waals surface area contributed by atoms with Crippen molar-refractivity contribution in [3.63, 3.8) is 0 Å². The monoisotopic (exact) mass is 242 g/mol. The van der Waals surface area contributed by atoms with Gasteiger partial charge in [-0.3, -0.25) is 4.98 Å². The summed E-state index contributed by atoms with van der Waals surface area (Å²) in [5.41, 5.74) is 8.88. The predicted molar refractivity (Wildman–Crippen MR) is 72.3 cm³/mol. The minimum Gasteiger partial charge on any atom is -0.489 e. The Balaban J connectivity index is 2.02. The zero-order valence-electron chi connectivity index (χ0n) is 10.6. The first-order valence-corrected chi connectivity index (χ1v) is 6.18. The second-order valence-electron chi connectivity index (χ2n) is 4.10. The number of hydrogen-bond acceptors (Lipinski definition) is 3. The average Bonchev–Trinajstić information content (AvgIpc) is 2.46. The molecule has 3 heteroatoms. The van der Waals surface area contributed by atoms with Gasteiger partial charge >= 0.3 is 0 Å². The van der Waals surface area contributed by atoms with Gasteiger partial charge < -0.3 is 10.5 Å². The van der Waals surface area contributed by atoms with E-state index < -0.39 is 0 Å². The van der Waals surface area contributed by atoms with Gasteiger partial charge in [0.2, 0.25) is 0 Å². The lowest BCUT2D eigenvalue weighted by Gasteiger charge is -2.09. The van der Waals surface area contributed by atoms with Crippen molar-refractivity contribution in [2.75, 3.05) is 0 Å². The van der Waals surface area contributed by atoms with E-state index in [9.17, 15) is 0 Å². The van der Waals surface area contributed by atoms with E-state index in [2.05, 4.69) is 24.0 Å². The van der Waals surface area contributed by atoms with E-state index in [0.29, 0.717) is 13.2 Å². The summed E-state index contributed by atoms with van der Waals surface area (Å²) in [6, 6.07) is 12.1. The van der Waals surface area contributed by atoms with E-state index in [-0.39, 0.29) is 0 Å². The number of benzene rings is 1. The molecule has 0 unspecified atom stereocenters. The van der Waals surface area contributed by atoms with Crippen LogP contribution in [0.4, 0.5) is 0 Å². The molecule has 0 atom stereocenters. The molecule has 2 rings (SSSR count). The van der Waals surface area contributed by atoms with Crippen molar-refractivity contribution in [2.45, 2.75) is 26.5 Å². The van der Waals surface area contributed by atoms with Crippen LogP contribution in [0, 0.1) is 0 Å². The third-order valence-corrected chi connectivity index (χ3v) is 2.90. The number of nitrogens with zero attached hydrogens (tertiary/aromatic N) is 1. The maximum absolute atomic E-state index is 5.74. The second kappa shape index (κ2) is 6.17. The number of ether oxygens (including phenoxy) is 1. The van der Waals surface area contributed by atoms with Crippen LogP contribution >= 0.6 is 0 Å². The fourth-order valence-electron chi connectivity index (χ4n) is 1.77. The molecule has 0 aliphatic carbocycles. The Bertz CT molecular complexity index is 494. The van der Waals surface area contributed by atoms with E-state index in [1.54, 1.807) is 6.20 Å². The van der Waals surface area contributed by atoms with Gasteiger partial charge in [-0.1, -0.05) is 25.1 Å². The summed E-state index contributed by atoms with van der Waals surface area (Å²) in [4.78, 5) is 4.23. The molecule has 3 nitrogen and oxygen atoms in total. The van der Waals surface area contributed by atoms with Crippen LogP contribution in [-0.2, 0) is 19.6 Å². The highest BCUT2D eigenvalue weighted by atomic mass is 16.5. The van der Waals surface area contributed by atoms with Crippen molar-refractivity contribution in [1.82, 2.24) is 4.98 Å². The molecule has 0 saturated carbocycles. The van der Waals surface area contributed by atoms with Gasteiger partial charge in [0.15, 0.2) is 0 Å². The van der Waals surface area contributed by atoms with Crippen molar-refractivity contribution in [3.05, 3.63) is 59.4 Å². The van der Waals surface area contributed by atoms with Crippen molar-refractivity contribution in [1.29, 1.82) is 0 Å². The van der Waals surface area contributed by atoms with Crippen LogP contribution in [0.3, 0.4) is 0 Å². The van der Waals surface area contributed by atoms with Crippen molar-refractivity contribution >= 4 is 0 Å². The van der Waals surface area contributed by atoms with Crippen LogP contribution in [0.15, 0.2) is 42.6 Å². The molecule has 0 bridgehead atoms. The molecule has 0 amide bonds. The Morgan fingerprint density at radius 3 is 2.61 bits per heavy atom. The third kappa shape index (κ3) is 3.08. The molecule has 0 aliphatic heterocycles. The fourth-order valence-corrected chi connectivity index (χ4v) is 1.77. The molecule has 0 aliphatic rings. The lowest BCUT2D eigenvalue weighted by Crippen LogP contribution is -2.06. The topological polar surface area (TPSA) is 48.1 Å². The zero-order valence-corrected chi connectivity index (χ0v) is 10.6. The first-order chi connectivity index (χ1) is 8.83. The normalized spacial score (nSPS) is 10.3. The molecule has 18 heavy (non-hydrogen) atoms. The van der Waals surface area contributed by atoms with Gasteiger partial charge in [-0.2, -0.15) is 0 Å². The predicted octanol–water partition coefficient (Wildman–Crippen LogP) is 2.68. The molecule has 1 aromatic carbocycles. The maximum Gasteiger partial charge on any atom is 0.119 e. The summed E-state index contributed by atoms with van der Waals surface area (Å²) in [7, 11) is 0. The number of rotatable bonds is 5. The lowest BCUT2D eigenvalue weighted by molar-refractivity contribution is 0.304. The summed E-state index contributed by atoms with van der Waals surface area (Å²) in [5, 5.41) is 0. The molecular formula is C15H18N2O. The Hall–Kier alpha value is -1.87. The molecule has 1 heterocycles. The van der Waals surface area contributed by atoms with Crippen molar-refractivity contribution < 1.29 is 4.74 Å². The molecule has 2 aromatic rings. The van der Waals surface area contributed by atoms with Gasteiger partial charge in [-0.05, 0) is 30.2 Å². The van der Waals surface area contributed by atoms with Crippen LogP contribution in [0.5, 0.6) is 5.75 Å². The summed E-state index contributed by atoms with van der Waals surface area (Å²) in [6.07, 6.45) is 2.79. The van der Waals surface area contributed by atoms with Gasteiger partial charge in [0.05, 0.1) is 5.69 Å². The van der Waals surface area contributed by atoms with E-state index >= 15 is 0 Å². The van der Waals surface area contributed by atoms with Crippen molar-refractivity contribution in [2.24, 2.45) is 5.73 Å². The number of aryl methyl sites for hydroxylation is 1. The minimum atomic E-state index is 0.439. The zero-order chi connectivity index (χ0) is 12.8. The fraction of sp³-hybridized carbons (Fsp3) is 0.267. The molecule has 2 N–H and O–H groups in total. The molecule has 0 radical (unpaired) electrons. The Kier molecular flexibility index (Phi) is 4.31. The second-order valence-corrected chi connectivity index (χ2v) is 4.10.